The highest BCUT2D eigenvalue weighted by molar-refractivity contribution is 7.91. The normalized spacial score (nSPS) is 20.4. The first-order chi connectivity index (χ1) is 15.9. The van der Waals surface area contributed by atoms with E-state index < -0.39 is 15.9 Å². The molecular formula is C22H24ClN5O4S. The third-order valence-corrected chi connectivity index (χ3v) is 7.89. The molecule has 0 spiro atoms. The fraction of sp³-hybridized carbons (Fsp3) is 0.364. The Kier molecular flexibility index (Phi) is 6.00. The van der Waals surface area contributed by atoms with Crippen LogP contribution in [0.15, 0.2) is 51.8 Å². The second-order valence-corrected chi connectivity index (χ2v) is 10.7. The first kappa shape index (κ1) is 22.1. The molecule has 2 aromatic carbocycles. The van der Waals surface area contributed by atoms with E-state index in [2.05, 4.69) is 10.2 Å². The molecule has 2 aliphatic heterocycles. The maximum absolute atomic E-state index is 13.0. The highest BCUT2D eigenvalue weighted by Crippen LogP contribution is 2.35. The summed E-state index contributed by atoms with van der Waals surface area (Å²) < 4.78 is 37.3. The maximum Gasteiger partial charge on any atom is 0.318 e. The topological polar surface area (TPSA) is 115 Å². The van der Waals surface area contributed by atoms with E-state index in [-0.39, 0.29) is 10.6 Å². The third-order valence-electron chi connectivity index (χ3n) is 5.75. The van der Waals surface area contributed by atoms with Gasteiger partial charge in [0, 0.05) is 42.8 Å². The van der Waals surface area contributed by atoms with Crippen LogP contribution in [-0.4, -0.2) is 63.3 Å². The fourth-order valence-corrected chi connectivity index (χ4v) is 5.90. The molecule has 0 saturated carbocycles. The summed E-state index contributed by atoms with van der Waals surface area (Å²) in [7, 11) is -3.55. The maximum atomic E-state index is 13.0. The Hall–Kier alpha value is -2.66. The summed E-state index contributed by atoms with van der Waals surface area (Å²) in [6.45, 7) is 3.44. The summed E-state index contributed by atoms with van der Waals surface area (Å²) in [5, 5.41) is 9.01. The van der Waals surface area contributed by atoms with Crippen molar-refractivity contribution in [3.63, 3.8) is 0 Å². The lowest BCUT2D eigenvalue weighted by atomic mass is 10.1. The molecule has 0 bridgehead atoms. The number of nitrogens with two attached hydrogens (primary N) is 1. The van der Waals surface area contributed by atoms with E-state index in [1.807, 2.05) is 34.1 Å². The Morgan fingerprint density at radius 1 is 1.09 bits per heavy atom. The summed E-state index contributed by atoms with van der Waals surface area (Å²) >= 11 is 6.02. The van der Waals surface area contributed by atoms with Crippen molar-refractivity contribution < 1.29 is 17.6 Å². The summed E-state index contributed by atoms with van der Waals surface area (Å²) in [5.74, 6) is 0.217. The number of hydrogen-bond donors (Lipinski definition) is 1. The van der Waals surface area contributed by atoms with Crippen LogP contribution in [0.1, 0.15) is 5.56 Å². The SMILES string of the molecule is N[C@@H]1CN(Cc2ccc(Cl)cc2)c2cc(-c3nnc(N4CCOCC4)o3)ccc2S(=O)(=O)C1. The van der Waals surface area contributed by atoms with Crippen LogP contribution in [0.3, 0.4) is 0 Å². The molecule has 1 fully saturated rings. The van der Waals surface area contributed by atoms with Crippen LogP contribution in [0.25, 0.3) is 11.5 Å². The predicted octanol–water partition coefficient (Wildman–Crippen LogP) is 2.35. The Bertz CT molecular complexity index is 1240. The number of aromatic nitrogens is 2. The summed E-state index contributed by atoms with van der Waals surface area (Å²) in [6.07, 6.45) is 0. The zero-order valence-electron chi connectivity index (χ0n) is 17.9. The van der Waals surface area contributed by atoms with Crippen LogP contribution in [0, 0.1) is 0 Å². The minimum atomic E-state index is -3.55. The number of morpholine rings is 1. The number of nitrogens with zero attached hydrogens (tertiary/aromatic N) is 4. The van der Waals surface area contributed by atoms with Crippen molar-refractivity contribution in [1.82, 2.24) is 10.2 Å². The molecule has 33 heavy (non-hydrogen) atoms. The lowest BCUT2D eigenvalue weighted by molar-refractivity contribution is 0.120. The Balaban J connectivity index is 1.52. The van der Waals surface area contributed by atoms with Crippen LogP contribution in [0.2, 0.25) is 5.02 Å². The monoisotopic (exact) mass is 489 g/mol. The minimum absolute atomic E-state index is 0.113. The molecule has 174 valence electrons. The fourth-order valence-electron chi connectivity index (χ4n) is 4.14. The van der Waals surface area contributed by atoms with E-state index in [4.69, 9.17) is 26.5 Å². The van der Waals surface area contributed by atoms with E-state index in [1.54, 1.807) is 18.2 Å². The van der Waals surface area contributed by atoms with Crippen molar-refractivity contribution >= 4 is 33.1 Å². The molecule has 2 aliphatic rings. The molecule has 2 N–H and O–H groups in total. The molecular weight excluding hydrogens is 466 g/mol. The number of fused-ring (bicyclic) bond motifs is 1. The number of benzene rings is 2. The van der Waals surface area contributed by atoms with Gasteiger partial charge in [0.1, 0.15) is 0 Å². The van der Waals surface area contributed by atoms with Gasteiger partial charge in [-0.15, -0.1) is 5.10 Å². The van der Waals surface area contributed by atoms with Crippen molar-refractivity contribution in [2.75, 3.05) is 48.4 Å². The van der Waals surface area contributed by atoms with Gasteiger partial charge in [0.15, 0.2) is 9.84 Å². The van der Waals surface area contributed by atoms with Gasteiger partial charge in [-0.3, -0.25) is 0 Å². The second-order valence-electron chi connectivity index (χ2n) is 8.22. The van der Waals surface area contributed by atoms with Crippen LogP contribution >= 0.6 is 11.6 Å². The summed E-state index contributed by atoms with van der Waals surface area (Å²) in [4.78, 5) is 4.21. The van der Waals surface area contributed by atoms with Gasteiger partial charge in [-0.05, 0) is 35.9 Å². The van der Waals surface area contributed by atoms with Gasteiger partial charge < -0.3 is 24.7 Å². The third kappa shape index (κ3) is 4.70. The highest BCUT2D eigenvalue weighted by atomic mass is 35.5. The van der Waals surface area contributed by atoms with E-state index in [0.29, 0.717) is 67.6 Å². The van der Waals surface area contributed by atoms with Crippen molar-refractivity contribution in [2.45, 2.75) is 17.5 Å². The van der Waals surface area contributed by atoms with E-state index >= 15 is 0 Å². The van der Waals surface area contributed by atoms with Crippen molar-refractivity contribution in [3.8, 4) is 11.5 Å². The van der Waals surface area contributed by atoms with Gasteiger partial charge in [-0.1, -0.05) is 28.8 Å². The van der Waals surface area contributed by atoms with Gasteiger partial charge >= 0.3 is 6.01 Å². The molecule has 3 heterocycles. The molecule has 1 saturated heterocycles. The summed E-state index contributed by atoms with van der Waals surface area (Å²) in [6, 6.07) is 12.5. The zero-order valence-corrected chi connectivity index (χ0v) is 19.4. The average molecular weight is 490 g/mol. The summed E-state index contributed by atoms with van der Waals surface area (Å²) in [5.41, 5.74) is 8.41. The lowest BCUT2D eigenvalue weighted by Crippen LogP contribution is -2.39. The van der Waals surface area contributed by atoms with Crippen LogP contribution in [0.5, 0.6) is 0 Å². The average Bonchev–Trinajstić information content (AvgIpc) is 3.27. The van der Waals surface area contributed by atoms with Crippen molar-refractivity contribution in [2.24, 2.45) is 5.73 Å². The highest BCUT2D eigenvalue weighted by Gasteiger charge is 2.31. The molecule has 1 atom stereocenters. The standard InChI is InChI=1S/C22H24ClN5O4S/c23-17-4-1-15(2-5-17)12-28-13-18(24)14-33(29,30)20-6-3-16(11-19(20)28)21-25-26-22(32-21)27-7-9-31-10-8-27/h1-6,11,18H,7-10,12-14,24H2/t18-/m1/s1. The first-order valence-electron chi connectivity index (χ1n) is 10.7. The van der Waals surface area contributed by atoms with Gasteiger partial charge in [-0.25, -0.2) is 8.42 Å². The second kappa shape index (κ2) is 8.94. The van der Waals surface area contributed by atoms with Gasteiger partial charge in [0.05, 0.1) is 29.5 Å². The van der Waals surface area contributed by atoms with Crippen molar-refractivity contribution in [3.05, 3.63) is 53.1 Å². The quantitative estimate of drug-likeness (QED) is 0.589. The van der Waals surface area contributed by atoms with E-state index in [1.165, 1.54) is 0 Å². The van der Waals surface area contributed by atoms with Crippen LogP contribution < -0.4 is 15.5 Å². The molecule has 0 aliphatic carbocycles. The number of hydrogen-bond acceptors (Lipinski definition) is 9. The molecule has 5 rings (SSSR count). The van der Waals surface area contributed by atoms with Crippen molar-refractivity contribution in [1.29, 1.82) is 0 Å². The molecule has 0 unspecified atom stereocenters. The number of rotatable bonds is 4. The molecule has 1 aromatic heterocycles. The minimum Gasteiger partial charge on any atom is -0.403 e. The Labute approximate surface area is 197 Å². The molecule has 9 nitrogen and oxygen atoms in total. The van der Waals surface area contributed by atoms with Gasteiger partial charge in [0.2, 0.25) is 5.89 Å². The zero-order chi connectivity index (χ0) is 23.0. The van der Waals surface area contributed by atoms with E-state index in [9.17, 15) is 8.42 Å². The van der Waals surface area contributed by atoms with Gasteiger partial charge in [0.25, 0.3) is 0 Å². The molecule has 11 heteroatoms. The molecule has 3 aromatic rings. The number of sulfone groups is 1. The number of anilines is 2. The molecule has 0 amide bonds. The largest absolute Gasteiger partial charge is 0.403 e. The van der Waals surface area contributed by atoms with Crippen LogP contribution in [-0.2, 0) is 21.1 Å². The lowest BCUT2D eigenvalue weighted by Gasteiger charge is -2.26. The Morgan fingerprint density at radius 2 is 1.85 bits per heavy atom. The number of halogens is 1. The Morgan fingerprint density at radius 3 is 2.61 bits per heavy atom. The first-order valence-corrected chi connectivity index (χ1v) is 12.7. The van der Waals surface area contributed by atoms with Crippen LogP contribution in [0.4, 0.5) is 11.7 Å². The van der Waals surface area contributed by atoms with Gasteiger partial charge in [-0.2, -0.15) is 0 Å². The number of ether oxygens (including phenoxy) is 1. The predicted molar refractivity (Wildman–Crippen MR) is 125 cm³/mol. The van der Waals surface area contributed by atoms with E-state index in [0.717, 1.165) is 5.56 Å². The molecule has 0 radical (unpaired) electrons. The smallest absolute Gasteiger partial charge is 0.318 e.